The first-order chi connectivity index (χ1) is 8.88. The largest absolute Gasteiger partial charge is 0.486 e. The molecule has 2 atom stereocenters. The van der Waals surface area contributed by atoms with Crippen LogP contribution in [-0.4, -0.2) is 25.3 Å². The third-order valence-corrected chi connectivity index (χ3v) is 4.06. The smallest absolute Gasteiger partial charge is 0.161 e. The fourth-order valence-electron chi connectivity index (χ4n) is 3.18. The molecule has 2 unspecified atom stereocenters. The SMILES string of the molecule is C1=C(c2ccc3c(c2)OCCO3)CC2CCC1N2. The third kappa shape index (κ3) is 1.70. The normalized spacial score (nSPS) is 29.0. The molecule has 0 spiro atoms. The van der Waals surface area contributed by atoms with E-state index in [1.54, 1.807) is 0 Å². The molecular weight excluding hydrogens is 226 g/mol. The highest BCUT2D eigenvalue weighted by Crippen LogP contribution is 2.37. The molecule has 0 saturated carbocycles. The lowest BCUT2D eigenvalue weighted by atomic mass is 9.96. The zero-order valence-corrected chi connectivity index (χ0v) is 10.3. The van der Waals surface area contributed by atoms with Crippen LogP contribution < -0.4 is 14.8 Å². The van der Waals surface area contributed by atoms with Crippen molar-refractivity contribution in [2.75, 3.05) is 13.2 Å². The van der Waals surface area contributed by atoms with Gasteiger partial charge >= 0.3 is 0 Å². The van der Waals surface area contributed by atoms with Crippen molar-refractivity contribution in [2.24, 2.45) is 0 Å². The summed E-state index contributed by atoms with van der Waals surface area (Å²) in [7, 11) is 0. The average Bonchev–Trinajstić information content (AvgIpc) is 2.77. The Morgan fingerprint density at radius 1 is 1.06 bits per heavy atom. The van der Waals surface area contributed by atoms with Gasteiger partial charge in [0.1, 0.15) is 13.2 Å². The molecule has 0 aromatic heterocycles. The summed E-state index contributed by atoms with van der Waals surface area (Å²) >= 11 is 0. The first-order valence-corrected chi connectivity index (χ1v) is 6.75. The zero-order chi connectivity index (χ0) is 11.9. The number of ether oxygens (including phenoxy) is 2. The Morgan fingerprint density at radius 3 is 2.83 bits per heavy atom. The molecule has 3 heterocycles. The van der Waals surface area contributed by atoms with Crippen LogP contribution in [0.15, 0.2) is 24.3 Å². The summed E-state index contributed by atoms with van der Waals surface area (Å²) in [6.45, 7) is 1.31. The Bertz CT molecular complexity index is 509. The van der Waals surface area contributed by atoms with Crippen LogP contribution in [0.25, 0.3) is 5.57 Å². The Hall–Kier alpha value is -1.48. The van der Waals surface area contributed by atoms with Crippen molar-refractivity contribution in [1.82, 2.24) is 5.32 Å². The van der Waals surface area contributed by atoms with Crippen LogP contribution in [0.3, 0.4) is 0 Å². The molecular formula is C15H17NO2. The van der Waals surface area contributed by atoms with Crippen molar-refractivity contribution in [2.45, 2.75) is 31.3 Å². The van der Waals surface area contributed by atoms with Crippen molar-refractivity contribution in [1.29, 1.82) is 0 Å². The molecule has 3 nitrogen and oxygen atoms in total. The van der Waals surface area contributed by atoms with E-state index < -0.39 is 0 Å². The number of nitrogens with one attached hydrogen (secondary N) is 1. The van der Waals surface area contributed by atoms with E-state index in [4.69, 9.17) is 9.47 Å². The van der Waals surface area contributed by atoms with Gasteiger partial charge in [-0.2, -0.15) is 0 Å². The van der Waals surface area contributed by atoms with Crippen molar-refractivity contribution < 1.29 is 9.47 Å². The topological polar surface area (TPSA) is 30.5 Å². The van der Waals surface area contributed by atoms with E-state index in [9.17, 15) is 0 Å². The third-order valence-electron chi connectivity index (χ3n) is 4.06. The van der Waals surface area contributed by atoms with Gasteiger partial charge in [-0.25, -0.2) is 0 Å². The summed E-state index contributed by atoms with van der Waals surface area (Å²) < 4.78 is 11.2. The summed E-state index contributed by atoms with van der Waals surface area (Å²) in [4.78, 5) is 0. The molecule has 0 aliphatic carbocycles. The van der Waals surface area contributed by atoms with E-state index in [1.807, 2.05) is 6.07 Å². The Morgan fingerprint density at radius 2 is 1.94 bits per heavy atom. The van der Waals surface area contributed by atoms with Crippen LogP contribution in [0, 0.1) is 0 Å². The number of benzene rings is 1. The summed E-state index contributed by atoms with van der Waals surface area (Å²) in [5.41, 5.74) is 2.75. The van der Waals surface area contributed by atoms with E-state index in [1.165, 1.54) is 24.0 Å². The van der Waals surface area contributed by atoms with Gasteiger partial charge in [0.2, 0.25) is 0 Å². The van der Waals surface area contributed by atoms with Gasteiger partial charge in [0.05, 0.1) is 0 Å². The fraction of sp³-hybridized carbons (Fsp3) is 0.467. The molecule has 3 aliphatic rings. The van der Waals surface area contributed by atoms with E-state index in [-0.39, 0.29) is 0 Å². The lowest BCUT2D eigenvalue weighted by molar-refractivity contribution is 0.171. The molecule has 1 saturated heterocycles. The van der Waals surface area contributed by atoms with Gasteiger partial charge in [-0.15, -0.1) is 0 Å². The average molecular weight is 243 g/mol. The standard InChI is InChI=1S/C15H17NO2/c1-4-14-15(18-6-5-17-14)9-10(1)11-7-12-2-3-13(8-11)16-12/h1,4,7,9,12-13,16H,2-3,5-6,8H2. The van der Waals surface area contributed by atoms with E-state index >= 15 is 0 Å². The summed E-state index contributed by atoms with van der Waals surface area (Å²) in [5, 5.41) is 3.62. The number of hydrogen-bond acceptors (Lipinski definition) is 3. The van der Waals surface area contributed by atoms with Gasteiger partial charge in [0, 0.05) is 12.1 Å². The van der Waals surface area contributed by atoms with Gasteiger partial charge in [0.15, 0.2) is 11.5 Å². The molecule has 18 heavy (non-hydrogen) atoms. The molecule has 0 amide bonds. The Labute approximate surface area is 107 Å². The van der Waals surface area contributed by atoms with E-state index in [2.05, 4.69) is 23.5 Å². The molecule has 1 aromatic rings. The maximum absolute atomic E-state index is 5.66. The minimum atomic E-state index is 0.576. The minimum absolute atomic E-state index is 0.576. The second-order valence-corrected chi connectivity index (χ2v) is 5.30. The monoisotopic (exact) mass is 243 g/mol. The molecule has 4 rings (SSSR count). The maximum atomic E-state index is 5.66. The summed E-state index contributed by atoms with van der Waals surface area (Å²) in [6.07, 6.45) is 6.10. The predicted molar refractivity (Wildman–Crippen MR) is 70.0 cm³/mol. The van der Waals surface area contributed by atoms with Crippen molar-refractivity contribution >= 4 is 5.57 Å². The zero-order valence-electron chi connectivity index (χ0n) is 10.3. The second-order valence-electron chi connectivity index (χ2n) is 5.30. The van der Waals surface area contributed by atoms with Gasteiger partial charge in [-0.05, 0) is 42.5 Å². The fourth-order valence-corrected chi connectivity index (χ4v) is 3.18. The Balaban J connectivity index is 1.68. The highest BCUT2D eigenvalue weighted by molar-refractivity contribution is 5.70. The highest BCUT2D eigenvalue weighted by atomic mass is 16.6. The van der Waals surface area contributed by atoms with Crippen molar-refractivity contribution in [3.63, 3.8) is 0 Å². The number of rotatable bonds is 1. The predicted octanol–water partition coefficient (Wildman–Crippen LogP) is 2.37. The minimum Gasteiger partial charge on any atom is -0.486 e. The van der Waals surface area contributed by atoms with Gasteiger partial charge < -0.3 is 14.8 Å². The molecule has 3 aliphatic heterocycles. The molecule has 1 N–H and O–H groups in total. The van der Waals surface area contributed by atoms with Crippen LogP contribution >= 0.6 is 0 Å². The van der Waals surface area contributed by atoms with E-state index in [0.717, 1.165) is 17.9 Å². The molecule has 2 bridgehead atoms. The highest BCUT2D eigenvalue weighted by Gasteiger charge is 2.28. The number of hydrogen-bond donors (Lipinski definition) is 1. The van der Waals surface area contributed by atoms with Crippen LogP contribution in [0.5, 0.6) is 11.5 Å². The van der Waals surface area contributed by atoms with Gasteiger partial charge in [0.25, 0.3) is 0 Å². The number of fused-ring (bicyclic) bond motifs is 3. The van der Waals surface area contributed by atoms with Crippen LogP contribution in [0.1, 0.15) is 24.8 Å². The quantitative estimate of drug-likeness (QED) is 0.821. The first-order valence-electron chi connectivity index (χ1n) is 6.75. The summed E-state index contributed by atoms with van der Waals surface area (Å²) in [5.74, 6) is 1.77. The van der Waals surface area contributed by atoms with Crippen LogP contribution in [0.4, 0.5) is 0 Å². The Kier molecular flexibility index (Phi) is 2.33. The lowest BCUT2D eigenvalue weighted by Gasteiger charge is -2.23. The molecule has 1 aromatic carbocycles. The lowest BCUT2D eigenvalue weighted by Crippen LogP contribution is -2.31. The van der Waals surface area contributed by atoms with Gasteiger partial charge in [-0.3, -0.25) is 0 Å². The second kappa shape index (κ2) is 4.02. The molecule has 3 heteroatoms. The van der Waals surface area contributed by atoms with Crippen molar-refractivity contribution in [3.05, 3.63) is 29.8 Å². The van der Waals surface area contributed by atoms with Crippen LogP contribution in [0.2, 0.25) is 0 Å². The van der Waals surface area contributed by atoms with Gasteiger partial charge in [-0.1, -0.05) is 12.1 Å². The molecule has 0 radical (unpaired) electrons. The maximum Gasteiger partial charge on any atom is 0.161 e. The first kappa shape index (κ1) is 10.4. The molecule has 94 valence electrons. The van der Waals surface area contributed by atoms with Crippen LogP contribution in [-0.2, 0) is 0 Å². The molecule has 1 fully saturated rings. The van der Waals surface area contributed by atoms with E-state index in [0.29, 0.717) is 25.3 Å². The van der Waals surface area contributed by atoms with Crippen molar-refractivity contribution in [3.8, 4) is 11.5 Å². The summed E-state index contributed by atoms with van der Waals surface area (Å²) in [6, 6.07) is 7.57.